The Morgan fingerprint density at radius 1 is 1.23 bits per heavy atom. The highest BCUT2D eigenvalue weighted by Crippen LogP contribution is 2.46. The molecule has 1 unspecified atom stereocenters. The molecule has 4 nitrogen and oxygen atoms in total. The van der Waals surface area contributed by atoms with Crippen LogP contribution in [0.2, 0.25) is 0 Å². The zero-order valence-corrected chi connectivity index (χ0v) is 13.1. The quantitative estimate of drug-likeness (QED) is 0.759. The van der Waals surface area contributed by atoms with Crippen molar-refractivity contribution in [1.82, 2.24) is 10.6 Å². The first-order valence-electron chi connectivity index (χ1n) is 7.81. The van der Waals surface area contributed by atoms with E-state index in [1.807, 2.05) is 13.8 Å². The summed E-state index contributed by atoms with van der Waals surface area (Å²) in [7, 11) is 0. The minimum absolute atomic E-state index is 0.0805. The third-order valence-electron chi connectivity index (χ3n) is 4.22. The van der Waals surface area contributed by atoms with E-state index in [0.29, 0.717) is 25.8 Å². The summed E-state index contributed by atoms with van der Waals surface area (Å²) in [4.78, 5) is 24.4. The fraction of sp³-hybridized carbons (Fsp3) is 0.529. The van der Waals surface area contributed by atoms with Gasteiger partial charge in [0.25, 0.3) is 0 Å². The topological polar surface area (TPSA) is 58.2 Å². The Balaban J connectivity index is 1.81. The summed E-state index contributed by atoms with van der Waals surface area (Å²) in [6.07, 6.45) is 2.68. The van der Waals surface area contributed by atoms with Crippen LogP contribution in [-0.2, 0) is 16.0 Å². The third-order valence-corrected chi connectivity index (χ3v) is 4.22. The molecule has 2 amide bonds. The van der Waals surface area contributed by atoms with Gasteiger partial charge in [-0.1, -0.05) is 19.1 Å². The number of rotatable bonds is 7. The first-order valence-corrected chi connectivity index (χ1v) is 7.81. The predicted octanol–water partition coefficient (Wildman–Crippen LogP) is 2.18. The van der Waals surface area contributed by atoms with Gasteiger partial charge in [-0.2, -0.15) is 0 Å². The molecular formula is C17H23FN2O2. The van der Waals surface area contributed by atoms with Crippen molar-refractivity contribution in [2.45, 2.75) is 45.6 Å². The van der Waals surface area contributed by atoms with E-state index in [9.17, 15) is 14.0 Å². The Bertz CT molecular complexity index is 538. The highest BCUT2D eigenvalue weighted by molar-refractivity contribution is 6.07. The zero-order valence-electron chi connectivity index (χ0n) is 13.1. The van der Waals surface area contributed by atoms with Gasteiger partial charge in [-0.25, -0.2) is 4.39 Å². The van der Waals surface area contributed by atoms with E-state index in [1.54, 1.807) is 12.1 Å². The summed E-state index contributed by atoms with van der Waals surface area (Å²) < 4.78 is 12.8. The fourth-order valence-corrected chi connectivity index (χ4v) is 2.29. The molecule has 1 aromatic carbocycles. The Hall–Kier alpha value is -1.91. The largest absolute Gasteiger partial charge is 0.355 e. The number of hydrogen-bond acceptors (Lipinski definition) is 2. The van der Waals surface area contributed by atoms with Crippen LogP contribution < -0.4 is 10.6 Å². The first-order chi connectivity index (χ1) is 10.5. The van der Waals surface area contributed by atoms with Crippen molar-refractivity contribution < 1.29 is 14.0 Å². The standard InChI is InChI=1S/C17H23FN2O2/c1-3-12(2)20-16(22)17(9-10-17)15(21)19-11-8-13-4-6-14(18)7-5-13/h4-7,12H,3,8-11H2,1-2H3,(H,19,21)(H,20,22). The van der Waals surface area contributed by atoms with Gasteiger partial charge in [0.15, 0.2) is 0 Å². The molecule has 2 rings (SSSR count). The molecule has 22 heavy (non-hydrogen) atoms. The number of hydrogen-bond donors (Lipinski definition) is 2. The van der Waals surface area contributed by atoms with Crippen LogP contribution in [0.4, 0.5) is 4.39 Å². The number of amides is 2. The number of carbonyl (C=O) groups is 2. The van der Waals surface area contributed by atoms with Crippen LogP contribution in [0.25, 0.3) is 0 Å². The van der Waals surface area contributed by atoms with E-state index in [4.69, 9.17) is 0 Å². The monoisotopic (exact) mass is 306 g/mol. The Kier molecular flexibility index (Phi) is 5.16. The Labute approximate surface area is 130 Å². The normalized spacial score (nSPS) is 16.7. The fourth-order valence-electron chi connectivity index (χ4n) is 2.29. The summed E-state index contributed by atoms with van der Waals surface area (Å²) in [6, 6.07) is 6.28. The lowest BCUT2D eigenvalue weighted by Crippen LogP contribution is -2.46. The SMILES string of the molecule is CCC(C)NC(=O)C1(C(=O)NCCc2ccc(F)cc2)CC1. The molecular weight excluding hydrogens is 283 g/mol. The molecule has 1 aliphatic rings. The number of halogens is 1. The maximum atomic E-state index is 12.8. The minimum atomic E-state index is -0.869. The summed E-state index contributed by atoms with van der Waals surface area (Å²) in [6.45, 7) is 4.37. The molecule has 1 aromatic rings. The van der Waals surface area contributed by atoms with Crippen LogP contribution in [0.15, 0.2) is 24.3 Å². The molecule has 0 radical (unpaired) electrons. The van der Waals surface area contributed by atoms with Crippen molar-refractivity contribution in [3.63, 3.8) is 0 Å². The van der Waals surface area contributed by atoms with Crippen LogP contribution in [0.3, 0.4) is 0 Å². The van der Waals surface area contributed by atoms with Crippen LogP contribution >= 0.6 is 0 Å². The molecule has 0 aromatic heterocycles. The second kappa shape index (κ2) is 6.90. The molecule has 0 saturated heterocycles. The van der Waals surface area contributed by atoms with Gasteiger partial charge in [-0.3, -0.25) is 9.59 Å². The number of benzene rings is 1. The van der Waals surface area contributed by atoms with Gasteiger partial charge in [0.2, 0.25) is 11.8 Å². The molecule has 1 fully saturated rings. The third kappa shape index (κ3) is 3.84. The van der Waals surface area contributed by atoms with E-state index >= 15 is 0 Å². The van der Waals surface area contributed by atoms with Gasteiger partial charge in [-0.15, -0.1) is 0 Å². The number of carbonyl (C=O) groups excluding carboxylic acids is 2. The van der Waals surface area contributed by atoms with E-state index < -0.39 is 5.41 Å². The Morgan fingerprint density at radius 3 is 2.41 bits per heavy atom. The molecule has 0 bridgehead atoms. The lowest BCUT2D eigenvalue weighted by molar-refractivity contribution is -0.137. The van der Waals surface area contributed by atoms with Gasteiger partial charge in [0.1, 0.15) is 11.2 Å². The van der Waals surface area contributed by atoms with Gasteiger partial charge in [0, 0.05) is 12.6 Å². The summed E-state index contributed by atoms with van der Waals surface area (Å²) in [5.74, 6) is -0.636. The lowest BCUT2D eigenvalue weighted by Gasteiger charge is -2.18. The van der Waals surface area contributed by atoms with Gasteiger partial charge >= 0.3 is 0 Å². The van der Waals surface area contributed by atoms with Gasteiger partial charge in [-0.05, 0) is 50.3 Å². The van der Waals surface area contributed by atoms with Crippen molar-refractivity contribution in [2.24, 2.45) is 5.41 Å². The van der Waals surface area contributed by atoms with Crippen LogP contribution in [0.1, 0.15) is 38.7 Å². The van der Waals surface area contributed by atoms with E-state index in [0.717, 1.165) is 12.0 Å². The van der Waals surface area contributed by atoms with Gasteiger partial charge < -0.3 is 10.6 Å². The van der Waals surface area contributed by atoms with E-state index in [-0.39, 0.29) is 23.7 Å². The number of nitrogens with one attached hydrogen (secondary N) is 2. The zero-order chi connectivity index (χ0) is 16.2. The highest BCUT2D eigenvalue weighted by Gasteiger charge is 2.56. The lowest BCUT2D eigenvalue weighted by atomic mass is 10.0. The maximum absolute atomic E-state index is 12.8. The average molecular weight is 306 g/mol. The van der Waals surface area contributed by atoms with Crippen LogP contribution in [-0.4, -0.2) is 24.4 Å². The smallest absolute Gasteiger partial charge is 0.235 e. The van der Waals surface area contributed by atoms with Crippen molar-refractivity contribution in [1.29, 1.82) is 0 Å². The minimum Gasteiger partial charge on any atom is -0.355 e. The summed E-state index contributed by atoms with van der Waals surface area (Å²) >= 11 is 0. The van der Waals surface area contributed by atoms with E-state index in [2.05, 4.69) is 10.6 Å². The molecule has 1 atom stereocenters. The molecule has 120 valence electrons. The maximum Gasteiger partial charge on any atom is 0.235 e. The highest BCUT2D eigenvalue weighted by atomic mass is 19.1. The molecule has 1 aliphatic carbocycles. The van der Waals surface area contributed by atoms with Crippen molar-refractivity contribution in [2.75, 3.05) is 6.54 Å². The van der Waals surface area contributed by atoms with Crippen molar-refractivity contribution >= 4 is 11.8 Å². The second-order valence-corrected chi connectivity index (χ2v) is 6.00. The van der Waals surface area contributed by atoms with Crippen LogP contribution in [0, 0.1) is 11.2 Å². The van der Waals surface area contributed by atoms with Crippen LogP contribution in [0.5, 0.6) is 0 Å². The van der Waals surface area contributed by atoms with Gasteiger partial charge in [0.05, 0.1) is 0 Å². The molecule has 0 aliphatic heterocycles. The van der Waals surface area contributed by atoms with Crippen molar-refractivity contribution in [3.8, 4) is 0 Å². The molecule has 0 heterocycles. The summed E-state index contributed by atoms with van der Waals surface area (Å²) in [5, 5.41) is 5.71. The summed E-state index contributed by atoms with van der Waals surface area (Å²) in [5.41, 5.74) is 0.0854. The van der Waals surface area contributed by atoms with Crippen molar-refractivity contribution in [3.05, 3.63) is 35.6 Å². The Morgan fingerprint density at radius 2 is 1.86 bits per heavy atom. The molecule has 2 N–H and O–H groups in total. The molecule has 5 heteroatoms. The second-order valence-electron chi connectivity index (χ2n) is 6.00. The van der Waals surface area contributed by atoms with E-state index in [1.165, 1.54) is 12.1 Å². The first kappa shape index (κ1) is 16.5. The predicted molar refractivity (Wildman–Crippen MR) is 82.7 cm³/mol. The average Bonchev–Trinajstić information content (AvgIpc) is 3.30. The molecule has 1 saturated carbocycles. The molecule has 0 spiro atoms.